The maximum Gasteiger partial charge on any atom is 0.227 e. The fourth-order valence-electron chi connectivity index (χ4n) is 2.14. The molecule has 0 aliphatic carbocycles. The van der Waals surface area contributed by atoms with Crippen LogP contribution in [0.25, 0.3) is 0 Å². The number of amides is 1. The van der Waals surface area contributed by atoms with E-state index in [2.05, 4.69) is 41.5 Å². The van der Waals surface area contributed by atoms with Crippen molar-refractivity contribution < 1.29 is 4.79 Å². The third kappa shape index (κ3) is 5.86. The molecule has 0 bridgehead atoms. The summed E-state index contributed by atoms with van der Waals surface area (Å²) in [6.45, 7) is 6.91. The number of carbonyl (C=O) groups excluding carboxylic acids is 1. The van der Waals surface area contributed by atoms with Crippen LogP contribution in [0.3, 0.4) is 0 Å². The quantitative estimate of drug-likeness (QED) is 0.684. The lowest BCUT2D eigenvalue weighted by Crippen LogP contribution is -2.44. The van der Waals surface area contributed by atoms with E-state index < -0.39 is 5.41 Å². The van der Waals surface area contributed by atoms with Gasteiger partial charge < -0.3 is 16.0 Å². The first-order chi connectivity index (χ1) is 10.0. The molecule has 0 fully saturated rings. The van der Waals surface area contributed by atoms with Gasteiger partial charge in [0.1, 0.15) is 0 Å². The van der Waals surface area contributed by atoms with Crippen molar-refractivity contribution in [3.8, 4) is 0 Å². The number of hydrogen-bond donors (Lipinski definition) is 2. The Bertz CT molecular complexity index is 415. The van der Waals surface area contributed by atoms with Gasteiger partial charge in [-0.2, -0.15) is 0 Å². The minimum atomic E-state index is -0.435. The van der Waals surface area contributed by atoms with Crippen LogP contribution in [-0.2, 0) is 11.3 Å². The minimum absolute atomic E-state index is 0.0678. The van der Waals surface area contributed by atoms with Gasteiger partial charge in [0.15, 0.2) is 0 Å². The summed E-state index contributed by atoms with van der Waals surface area (Å²) in [5.41, 5.74) is 6.56. The van der Waals surface area contributed by atoms with E-state index in [-0.39, 0.29) is 5.91 Å². The lowest BCUT2D eigenvalue weighted by molar-refractivity contribution is -0.129. The molecule has 0 heterocycles. The first kappa shape index (κ1) is 17.7. The molecular formula is C17H29N3O. The molecule has 21 heavy (non-hydrogen) atoms. The predicted molar refractivity (Wildman–Crippen MR) is 87.9 cm³/mol. The van der Waals surface area contributed by atoms with Crippen molar-refractivity contribution in [1.82, 2.24) is 10.2 Å². The minimum Gasteiger partial charge on any atom is -0.356 e. The van der Waals surface area contributed by atoms with Crippen LogP contribution in [0.5, 0.6) is 0 Å². The molecule has 0 aliphatic heterocycles. The van der Waals surface area contributed by atoms with Crippen LogP contribution in [-0.4, -0.2) is 37.5 Å². The number of nitrogens with two attached hydrogens (primary N) is 1. The summed E-state index contributed by atoms with van der Waals surface area (Å²) in [4.78, 5) is 14.3. The zero-order valence-electron chi connectivity index (χ0n) is 13.6. The van der Waals surface area contributed by atoms with Gasteiger partial charge in [-0.25, -0.2) is 0 Å². The molecule has 1 unspecified atom stereocenters. The highest BCUT2D eigenvalue weighted by Gasteiger charge is 2.28. The highest BCUT2D eigenvalue weighted by molar-refractivity contribution is 5.82. The Morgan fingerprint density at radius 3 is 2.57 bits per heavy atom. The average molecular weight is 291 g/mol. The number of benzene rings is 1. The first-order valence-corrected chi connectivity index (χ1v) is 7.72. The lowest BCUT2D eigenvalue weighted by atomic mass is 9.87. The molecule has 1 aromatic carbocycles. The fourth-order valence-corrected chi connectivity index (χ4v) is 2.14. The summed E-state index contributed by atoms with van der Waals surface area (Å²) in [5, 5.41) is 3.00. The standard InChI is InChI=1S/C17H29N3O/c1-4-17(2,14-18)16(21)19-11-8-12-20(3)13-15-9-6-5-7-10-15/h5-7,9-10H,4,8,11-14,18H2,1-3H3,(H,19,21). The van der Waals surface area contributed by atoms with Crippen LogP contribution in [0.15, 0.2) is 30.3 Å². The van der Waals surface area contributed by atoms with Gasteiger partial charge in [-0.1, -0.05) is 37.3 Å². The summed E-state index contributed by atoms with van der Waals surface area (Å²) in [6, 6.07) is 10.4. The Labute approximate surface area is 128 Å². The largest absolute Gasteiger partial charge is 0.356 e. The van der Waals surface area contributed by atoms with Crippen molar-refractivity contribution >= 4 is 5.91 Å². The smallest absolute Gasteiger partial charge is 0.227 e. The Morgan fingerprint density at radius 1 is 1.33 bits per heavy atom. The molecule has 3 N–H and O–H groups in total. The summed E-state index contributed by atoms with van der Waals surface area (Å²) < 4.78 is 0. The molecule has 0 saturated carbocycles. The van der Waals surface area contributed by atoms with Gasteiger partial charge in [0.05, 0.1) is 5.41 Å². The molecule has 4 heteroatoms. The van der Waals surface area contributed by atoms with E-state index in [0.29, 0.717) is 13.1 Å². The van der Waals surface area contributed by atoms with Crippen molar-refractivity contribution in [3.63, 3.8) is 0 Å². The number of rotatable bonds is 9. The van der Waals surface area contributed by atoms with Crippen molar-refractivity contribution in [1.29, 1.82) is 0 Å². The maximum atomic E-state index is 12.1. The Hall–Kier alpha value is -1.39. The third-order valence-corrected chi connectivity index (χ3v) is 4.08. The molecule has 1 atom stereocenters. The second kappa shape index (κ2) is 8.80. The Kier molecular flexibility index (Phi) is 7.40. The van der Waals surface area contributed by atoms with E-state index in [1.807, 2.05) is 19.9 Å². The van der Waals surface area contributed by atoms with E-state index in [1.54, 1.807) is 0 Å². The van der Waals surface area contributed by atoms with Gasteiger partial charge in [-0.3, -0.25) is 4.79 Å². The van der Waals surface area contributed by atoms with E-state index in [0.717, 1.165) is 25.9 Å². The molecule has 1 amide bonds. The van der Waals surface area contributed by atoms with Crippen molar-refractivity contribution in [2.24, 2.45) is 11.1 Å². The second-order valence-corrected chi connectivity index (χ2v) is 5.95. The number of carbonyl (C=O) groups is 1. The van der Waals surface area contributed by atoms with E-state index >= 15 is 0 Å². The van der Waals surface area contributed by atoms with Crippen molar-refractivity contribution in [3.05, 3.63) is 35.9 Å². The molecule has 0 saturated heterocycles. The highest BCUT2D eigenvalue weighted by atomic mass is 16.2. The van der Waals surface area contributed by atoms with Gasteiger partial charge in [-0.05, 0) is 38.9 Å². The van der Waals surface area contributed by atoms with Crippen molar-refractivity contribution in [2.75, 3.05) is 26.7 Å². The topological polar surface area (TPSA) is 58.4 Å². The maximum absolute atomic E-state index is 12.1. The van der Waals surface area contributed by atoms with Crippen LogP contribution < -0.4 is 11.1 Å². The van der Waals surface area contributed by atoms with Gasteiger partial charge in [-0.15, -0.1) is 0 Å². The lowest BCUT2D eigenvalue weighted by Gasteiger charge is -2.25. The van der Waals surface area contributed by atoms with E-state index in [1.165, 1.54) is 5.56 Å². The van der Waals surface area contributed by atoms with Crippen LogP contribution >= 0.6 is 0 Å². The molecule has 0 radical (unpaired) electrons. The van der Waals surface area contributed by atoms with Crippen LogP contribution in [0.4, 0.5) is 0 Å². The Morgan fingerprint density at radius 2 is 2.00 bits per heavy atom. The van der Waals surface area contributed by atoms with Crippen LogP contribution in [0, 0.1) is 5.41 Å². The van der Waals surface area contributed by atoms with E-state index in [9.17, 15) is 4.79 Å². The zero-order chi connectivity index (χ0) is 15.7. The molecule has 1 aromatic rings. The van der Waals surface area contributed by atoms with Gasteiger partial charge in [0.2, 0.25) is 5.91 Å². The molecule has 0 aliphatic rings. The molecule has 1 rings (SSSR count). The Balaban J connectivity index is 2.23. The molecule has 0 spiro atoms. The first-order valence-electron chi connectivity index (χ1n) is 7.72. The number of hydrogen-bond acceptors (Lipinski definition) is 3. The second-order valence-electron chi connectivity index (χ2n) is 5.95. The highest BCUT2D eigenvalue weighted by Crippen LogP contribution is 2.18. The average Bonchev–Trinajstić information content (AvgIpc) is 2.51. The summed E-state index contributed by atoms with van der Waals surface area (Å²) in [5.74, 6) is 0.0678. The van der Waals surface area contributed by atoms with Crippen LogP contribution in [0.2, 0.25) is 0 Å². The van der Waals surface area contributed by atoms with Gasteiger partial charge >= 0.3 is 0 Å². The fraction of sp³-hybridized carbons (Fsp3) is 0.588. The zero-order valence-corrected chi connectivity index (χ0v) is 13.6. The van der Waals surface area contributed by atoms with Crippen molar-refractivity contribution in [2.45, 2.75) is 33.2 Å². The summed E-state index contributed by atoms with van der Waals surface area (Å²) in [6.07, 6.45) is 1.71. The predicted octanol–water partition coefficient (Wildman–Crippen LogP) is 2.00. The van der Waals surface area contributed by atoms with Gasteiger partial charge in [0.25, 0.3) is 0 Å². The van der Waals surface area contributed by atoms with Crippen LogP contribution in [0.1, 0.15) is 32.3 Å². The molecule has 118 valence electrons. The molecule has 4 nitrogen and oxygen atoms in total. The molecule has 0 aromatic heterocycles. The number of nitrogens with one attached hydrogen (secondary N) is 1. The summed E-state index contributed by atoms with van der Waals surface area (Å²) >= 11 is 0. The molecular weight excluding hydrogens is 262 g/mol. The van der Waals surface area contributed by atoms with Gasteiger partial charge in [0, 0.05) is 19.6 Å². The summed E-state index contributed by atoms with van der Waals surface area (Å²) in [7, 11) is 2.10. The van der Waals surface area contributed by atoms with E-state index in [4.69, 9.17) is 5.73 Å². The monoisotopic (exact) mass is 291 g/mol. The SMILES string of the molecule is CCC(C)(CN)C(=O)NCCCN(C)Cc1ccccc1. The normalized spacial score (nSPS) is 14.0. The number of nitrogens with zero attached hydrogens (tertiary/aromatic N) is 1. The third-order valence-electron chi connectivity index (χ3n) is 4.08.